The first kappa shape index (κ1) is 24.0. The summed E-state index contributed by atoms with van der Waals surface area (Å²) in [6.07, 6.45) is 0.945. The molecule has 1 aromatic carbocycles. The van der Waals surface area contributed by atoms with E-state index in [0.29, 0.717) is 16.7 Å². The Hall–Kier alpha value is -3.18. The minimum atomic E-state index is -3.43. The molecule has 0 spiro atoms. The molecule has 1 fully saturated rings. The number of ether oxygens (including phenoxy) is 2. The second-order valence-corrected chi connectivity index (χ2v) is 9.19. The number of carbonyl (C=O) groups is 1. The average molecular weight is 488 g/mol. The molecule has 13 heteroatoms. The first-order chi connectivity index (χ1) is 16.4. The zero-order chi connectivity index (χ0) is 24.1. The number of hydrogen-bond acceptors (Lipinski definition) is 11. The van der Waals surface area contributed by atoms with Gasteiger partial charge >= 0.3 is 13.6 Å². The molecule has 3 atom stereocenters. The van der Waals surface area contributed by atoms with E-state index in [1.54, 1.807) is 50.3 Å². The topological polar surface area (TPSA) is 154 Å². The van der Waals surface area contributed by atoms with Crippen LogP contribution in [0.1, 0.15) is 36.9 Å². The highest BCUT2D eigenvalue weighted by Gasteiger charge is 2.41. The third kappa shape index (κ3) is 5.15. The molecule has 1 saturated heterocycles. The predicted octanol–water partition coefficient (Wildman–Crippen LogP) is 3.10. The van der Waals surface area contributed by atoms with Crippen molar-refractivity contribution in [3.63, 3.8) is 0 Å². The summed E-state index contributed by atoms with van der Waals surface area (Å²) in [4.78, 5) is 20.9. The molecule has 1 aliphatic heterocycles. The zero-order valence-electron chi connectivity index (χ0n) is 18.7. The molecule has 3 unspecified atom stereocenters. The lowest BCUT2D eigenvalue weighted by molar-refractivity contribution is -0.0447. The second-order valence-electron chi connectivity index (χ2n) is 7.29. The molecule has 0 saturated carbocycles. The van der Waals surface area contributed by atoms with E-state index in [0.717, 1.165) is 0 Å². The van der Waals surface area contributed by atoms with Crippen molar-refractivity contribution in [2.24, 2.45) is 0 Å². The fraction of sp³-hybridized carbons (Fsp3) is 0.381. The normalized spacial score (nSPS) is 20.8. The van der Waals surface area contributed by atoms with Crippen molar-refractivity contribution in [3.05, 3.63) is 54.1 Å². The lowest BCUT2D eigenvalue weighted by atomic mass is 10.2. The van der Waals surface area contributed by atoms with Crippen molar-refractivity contribution >= 4 is 30.5 Å². The van der Waals surface area contributed by atoms with Gasteiger partial charge in [-0.1, -0.05) is 23.4 Å². The monoisotopic (exact) mass is 488 g/mol. The number of carbonyl (C=O) groups excluding carboxylic acids is 1. The molecule has 0 radical (unpaired) electrons. The van der Waals surface area contributed by atoms with Gasteiger partial charge in [0.1, 0.15) is 6.33 Å². The van der Waals surface area contributed by atoms with E-state index in [2.05, 4.69) is 20.3 Å². The molecular weight excluding hydrogens is 463 g/mol. The molecule has 0 aliphatic carbocycles. The summed E-state index contributed by atoms with van der Waals surface area (Å²) < 4.78 is 36.7. The Kier molecular flexibility index (Phi) is 7.32. The van der Waals surface area contributed by atoms with Crippen LogP contribution in [0.5, 0.6) is 0 Å². The number of anilines is 1. The van der Waals surface area contributed by atoms with E-state index in [1.807, 2.05) is 0 Å². The first-order valence-electron chi connectivity index (χ1n) is 10.7. The van der Waals surface area contributed by atoms with Crippen LogP contribution < -0.4 is 5.73 Å². The van der Waals surface area contributed by atoms with Crippen LogP contribution in [0.2, 0.25) is 0 Å². The van der Waals surface area contributed by atoms with Crippen molar-refractivity contribution in [1.29, 1.82) is 0 Å². The number of benzene rings is 1. The summed E-state index contributed by atoms with van der Waals surface area (Å²) in [6, 6.07) is 8.61. The molecule has 0 amide bonds. The summed E-state index contributed by atoms with van der Waals surface area (Å²) >= 11 is 0. The van der Waals surface area contributed by atoms with Gasteiger partial charge in [-0.05, 0) is 32.1 Å². The fourth-order valence-corrected chi connectivity index (χ4v) is 4.90. The minimum absolute atomic E-state index is 0.165. The van der Waals surface area contributed by atoms with Crippen molar-refractivity contribution in [3.8, 4) is 0 Å². The summed E-state index contributed by atoms with van der Waals surface area (Å²) in [6.45, 7) is 3.90. The molecule has 2 N–H and O–H groups in total. The van der Waals surface area contributed by atoms with Crippen molar-refractivity contribution in [2.45, 2.75) is 38.7 Å². The maximum atomic E-state index is 12.8. The Bertz CT molecular complexity index is 1210. The molecule has 12 nitrogen and oxygen atoms in total. The number of nitrogens with zero attached hydrogens (tertiary/aromatic N) is 5. The van der Waals surface area contributed by atoms with Crippen LogP contribution in [0.25, 0.3) is 11.2 Å². The summed E-state index contributed by atoms with van der Waals surface area (Å²) in [5, 5.41) is 8.14. The summed E-state index contributed by atoms with van der Waals surface area (Å²) in [5.41, 5.74) is 6.90. The van der Waals surface area contributed by atoms with Gasteiger partial charge in [-0.2, -0.15) is 4.68 Å². The molecule has 4 rings (SSSR count). The molecule has 3 heterocycles. The van der Waals surface area contributed by atoms with E-state index >= 15 is 0 Å². The Balaban J connectivity index is 1.62. The Morgan fingerprint density at radius 1 is 1.24 bits per heavy atom. The zero-order valence-corrected chi connectivity index (χ0v) is 19.6. The number of hydrogen-bond donors (Lipinski definition) is 1. The molecule has 1 aliphatic rings. The number of nitrogens with two attached hydrogens (primary N) is 1. The second kappa shape index (κ2) is 10.4. The molecule has 180 valence electrons. The van der Waals surface area contributed by atoms with E-state index < -0.39 is 32.0 Å². The number of fused-ring (bicyclic) bond motifs is 1. The van der Waals surface area contributed by atoms with Crippen molar-refractivity contribution in [1.82, 2.24) is 25.0 Å². The molecule has 34 heavy (non-hydrogen) atoms. The lowest BCUT2D eigenvalue weighted by Gasteiger charge is -2.19. The predicted molar refractivity (Wildman–Crippen MR) is 122 cm³/mol. The van der Waals surface area contributed by atoms with Gasteiger partial charge in [0.2, 0.25) is 0 Å². The van der Waals surface area contributed by atoms with Crippen LogP contribution in [0, 0.1) is 0 Å². The van der Waals surface area contributed by atoms with Gasteiger partial charge < -0.3 is 24.3 Å². The van der Waals surface area contributed by atoms with Crippen molar-refractivity contribution in [2.75, 3.05) is 18.9 Å². The van der Waals surface area contributed by atoms with Crippen LogP contribution in [-0.2, 0) is 23.1 Å². The third-order valence-electron chi connectivity index (χ3n) is 5.00. The molecule has 3 aromatic rings. The average Bonchev–Trinajstić information content (AvgIpc) is 3.43. The Morgan fingerprint density at radius 3 is 2.68 bits per heavy atom. The number of nitrogen functional groups attached to an aromatic ring is 1. The van der Waals surface area contributed by atoms with Gasteiger partial charge in [-0.25, -0.2) is 14.8 Å². The fourth-order valence-electron chi connectivity index (χ4n) is 3.53. The quantitative estimate of drug-likeness (QED) is 0.349. The number of rotatable bonds is 9. The molecular formula is C21H25N6O6P. The third-order valence-corrected chi connectivity index (χ3v) is 6.77. The van der Waals surface area contributed by atoms with Crippen LogP contribution in [0.4, 0.5) is 5.82 Å². The summed E-state index contributed by atoms with van der Waals surface area (Å²) in [5.74, 6) is 1.01. The maximum absolute atomic E-state index is 12.8. The van der Waals surface area contributed by atoms with Crippen molar-refractivity contribution < 1.29 is 27.9 Å². The Morgan fingerprint density at radius 2 is 1.97 bits per heavy atom. The highest BCUT2D eigenvalue weighted by atomic mass is 31.2. The van der Waals surface area contributed by atoms with Gasteiger partial charge in [0, 0.05) is 12.2 Å². The lowest BCUT2D eigenvalue weighted by Crippen LogP contribution is -2.26. The van der Waals surface area contributed by atoms with Gasteiger partial charge in [-0.15, -0.1) is 5.10 Å². The minimum Gasteiger partial charge on any atom is -0.454 e. The largest absolute Gasteiger partial charge is 0.454 e. The summed E-state index contributed by atoms with van der Waals surface area (Å²) in [7, 11) is -3.43. The van der Waals surface area contributed by atoms with E-state index in [1.165, 1.54) is 16.8 Å². The highest BCUT2D eigenvalue weighted by molar-refractivity contribution is 7.57. The van der Waals surface area contributed by atoms with Crippen LogP contribution >= 0.6 is 7.60 Å². The van der Waals surface area contributed by atoms with E-state index in [9.17, 15) is 9.36 Å². The molecule has 2 aromatic heterocycles. The Labute approximate surface area is 195 Å². The van der Waals surface area contributed by atoms with E-state index in [-0.39, 0.29) is 25.5 Å². The van der Waals surface area contributed by atoms with Gasteiger partial charge in [0.15, 0.2) is 29.3 Å². The standard InChI is InChI=1S/C21H25N6O6P/c1-3-30-34(29,31-4-2)11-10-15-12-16(33-21(28)14-8-6-5-7-9-14)20(32-15)27-19-17(25-26-27)18(22)23-13-24-19/h5-11,13,15-16,20H,3-4,12H2,1-2H3,(H2,22,23,24). The van der Waals surface area contributed by atoms with E-state index in [4.69, 9.17) is 24.3 Å². The maximum Gasteiger partial charge on any atom is 0.353 e. The SMILES string of the molecule is CCOP(=O)(C=CC1CC(OC(=O)c2ccccc2)C(n2nnc3c(N)ncnc32)O1)OCC. The number of aromatic nitrogens is 5. The highest BCUT2D eigenvalue weighted by Crippen LogP contribution is 2.50. The van der Waals surface area contributed by atoms with Gasteiger partial charge in [-0.3, -0.25) is 4.57 Å². The van der Waals surface area contributed by atoms with Crippen LogP contribution in [-0.4, -0.2) is 56.4 Å². The number of esters is 1. The molecule has 0 bridgehead atoms. The smallest absolute Gasteiger partial charge is 0.353 e. The van der Waals surface area contributed by atoms with Crippen LogP contribution in [0.15, 0.2) is 48.6 Å². The first-order valence-corrected chi connectivity index (χ1v) is 12.4. The van der Waals surface area contributed by atoms with Crippen LogP contribution in [0.3, 0.4) is 0 Å². The van der Waals surface area contributed by atoms with Gasteiger partial charge in [0.25, 0.3) is 0 Å². The van der Waals surface area contributed by atoms with Gasteiger partial charge in [0.05, 0.1) is 24.9 Å².